The maximum atomic E-state index is 6.29. The van der Waals surface area contributed by atoms with E-state index in [2.05, 4.69) is 276 Å². The van der Waals surface area contributed by atoms with Gasteiger partial charge < -0.3 is 13.9 Å². The number of fused-ring (bicyclic) bond motifs is 7. The van der Waals surface area contributed by atoms with E-state index < -0.39 is 0 Å². The first-order chi connectivity index (χ1) is 36.2. The molecule has 14 aromatic rings. The zero-order valence-electron chi connectivity index (χ0n) is 39.9. The summed E-state index contributed by atoms with van der Waals surface area (Å²) in [5.74, 6) is 0. The molecule has 2 aromatic heterocycles. The number of furan rings is 1. The van der Waals surface area contributed by atoms with Crippen molar-refractivity contribution in [3.8, 4) is 61.3 Å². The third kappa shape index (κ3) is 7.46. The molecule has 14 rings (SSSR count). The van der Waals surface area contributed by atoms with E-state index in [4.69, 9.17) is 4.42 Å². The first-order valence-electron chi connectivity index (χ1n) is 25.0. The number of hydrogen-bond donors (Lipinski definition) is 0. The summed E-state index contributed by atoms with van der Waals surface area (Å²) < 4.78 is 8.70. The topological polar surface area (TPSA) is 21.3 Å². The SMILES string of the molecule is c1cc(-c2ccc(-c3ccc(N(c4ccc(-c5ccccc5-n5c6ccccc6c6ccccc65)cc4)c4ccc(-c5cccc6oc7ccccc7c56)cc4)cc3)cc2)cc(-c2ccc3ccccc3c2)c1. The van der Waals surface area contributed by atoms with Crippen LogP contribution in [0.15, 0.2) is 283 Å². The van der Waals surface area contributed by atoms with E-state index in [-0.39, 0.29) is 0 Å². The number of benzene rings is 12. The Kier molecular flexibility index (Phi) is 10.2. The van der Waals surface area contributed by atoms with E-state index in [1.165, 1.54) is 66.0 Å². The molecule has 0 amide bonds. The Hall–Kier alpha value is -9.70. The van der Waals surface area contributed by atoms with Crippen molar-refractivity contribution in [1.82, 2.24) is 4.57 Å². The molecule has 0 N–H and O–H groups in total. The second kappa shape index (κ2) is 17.6. The summed E-state index contributed by atoms with van der Waals surface area (Å²) in [6, 6.07) is 101. The van der Waals surface area contributed by atoms with Crippen LogP contribution in [0.25, 0.3) is 116 Å². The van der Waals surface area contributed by atoms with Crippen LogP contribution in [0, 0.1) is 0 Å². The molecule has 2 heterocycles. The maximum absolute atomic E-state index is 6.29. The van der Waals surface area contributed by atoms with Gasteiger partial charge in [0.05, 0.1) is 16.7 Å². The van der Waals surface area contributed by atoms with E-state index in [0.717, 1.165) is 66.9 Å². The number of rotatable bonds is 9. The first kappa shape index (κ1) is 42.2. The summed E-state index contributed by atoms with van der Waals surface area (Å²) in [5, 5.41) is 7.27. The van der Waals surface area contributed by atoms with Crippen molar-refractivity contribution >= 4 is 71.6 Å². The third-order valence-electron chi connectivity index (χ3n) is 14.6. The van der Waals surface area contributed by atoms with Crippen molar-refractivity contribution in [3.63, 3.8) is 0 Å². The minimum Gasteiger partial charge on any atom is -0.456 e. The molecular weight excluding hydrogens is 885 g/mol. The fraction of sp³-hybridized carbons (Fsp3) is 0. The van der Waals surface area contributed by atoms with Gasteiger partial charge >= 0.3 is 0 Å². The molecule has 0 saturated heterocycles. The molecule has 342 valence electrons. The second-order valence-electron chi connectivity index (χ2n) is 18.9. The van der Waals surface area contributed by atoms with Gasteiger partial charge in [-0.1, -0.05) is 200 Å². The summed E-state index contributed by atoms with van der Waals surface area (Å²) in [5.41, 5.74) is 20.3. The number of anilines is 3. The van der Waals surface area contributed by atoms with Gasteiger partial charge in [-0.3, -0.25) is 0 Å². The summed E-state index contributed by atoms with van der Waals surface area (Å²) in [6.45, 7) is 0. The molecule has 0 atom stereocenters. The van der Waals surface area contributed by atoms with Crippen molar-refractivity contribution < 1.29 is 4.42 Å². The highest BCUT2D eigenvalue weighted by Gasteiger charge is 2.19. The van der Waals surface area contributed by atoms with Gasteiger partial charge in [-0.2, -0.15) is 0 Å². The van der Waals surface area contributed by atoms with Crippen molar-refractivity contribution in [3.05, 3.63) is 279 Å². The van der Waals surface area contributed by atoms with Crippen LogP contribution in [0.1, 0.15) is 0 Å². The molecule has 0 aliphatic rings. The average molecular weight is 931 g/mol. The molecule has 3 heteroatoms. The molecule has 0 bridgehead atoms. The van der Waals surface area contributed by atoms with Crippen molar-refractivity contribution in [2.75, 3.05) is 4.90 Å². The number of aromatic nitrogens is 1. The van der Waals surface area contributed by atoms with E-state index in [1.54, 1.807) is 0 Å². The van der Waals surface area contributed by atoms with Crippen molar-refractivity contribution in [2.24, 2.45) is 0 Å². The van der Waals surface area contributed by atoms with Crippen LogP contribution < -0.4 is 4.90 Å². The molecule has 0 radical (unpaired) electrons. The van der Waals surface area contributed by atoms with Gasteiger partial charge in [0, 0.05) is 44.2 Å². The van der Waals surface area contributed by atoms with Gasteiger partial charge in [-0.05, 0) is 140 Å². The second-order valence-corrected chi connectivity index (χ2v) is 18.9. The van der Waals surface area contributed by atoms with E-state index in [9.17, 15) is 0 Å². The number of para-hydroxylation sites is 4. The van der Waals surface area contributed by atoms with Gasteiger partial charge in [0.1, 0.15) is 11.2 Å². The zero-order chi connectivity index (χ0) is 48.2. The number of hydrogen-bond acceptors (Lipinski definition) is 2. The first-order valence-corrected chi connectivity index (χ1v) is 25.0. The molecule has 0 unspecified atom stereocenters. The van der Waals surface area contributed by atoms with Crippen LogP contribution in [0.2, 0.25) is 0 Å². The normalized spacial score (nSPS) is 11.6. The fourth-order valence-electron chi connectivity index (χ4n) is 11.0. The lowest BCUT2D eigenvalue weighted by atomic mass is 9.96. The molecule has 0 fully saturated rings. The molecule has 0 aliphatic heterocycles. The number of nitrogens with zero attached hydrogens (tertiary/aromatic N) is 2. The zero-order valence-corrected chi connectivity index (χ0v) is 39.9. The maximum Gasteiger partial charge on any atom is 0.136 e. The lowest BCUT2D eigenvalue weighted by Crippen LogP contribution is -2.09. The molecule has 12 aromatic carbocycles. The Morgan fingerprint density at radius 1 is 0.274 bits per heavy atom. The monoisotopic (exact) mass is 930 g/mol. The highest BCUT2D eigenvalue weighted by molar-refractivity contribution is 6.13. The standard InChI is InChI=1S/C70H46N2O/c1-2-14-53-46-56(32-31-47(53)13-1)55-16-11-15-54(45-55)50-29-27-48(28-30-50)49-33-39-57(40-34-49)71(59-43-37-52(38-44-59)61-21-12-26-69-70(61)64-20-6-10-25-68(64)73-69)58-41-35-51(36-42-58)60-17-3-7-22-65(60)72-66-23-8-4-18-62(66)63-19-5-9-24-67(63)72/h1-46H. The van der Waals surface area contributed by atoms with E-state index in [1.807, 2.05) is 12.1 Å². The lowest BCUT2D eigenvalue weighted by molar-refractivity contribution is 0.669. The Bertz CT molecular complexity index is 4300. The summed E-state index contributed by atoms with van der Waals surface area (Å²) in [7, 11) is 0. The van der Waals surface area contributed by atoms with Crippen LogP contribution in [-0.2, 0) is 0 Å². The van der Waals surface area contributed by atoms with E-state index in [0.29, 0.717) is 0 Å². The largest absolute Gasteiger partial charge is 0.456 e. The minimum atomic E-state index is 0.894. The van der Waals surface area contributed by atoms with Crippen LogP contribution in [0.3, 0.4) is 0 Å². The summed E-state index contributed by atoms with van der Waals surface area (Å²) in [6.07, 6.45) is 0. The third-order valence-corrected chi connectivity index (χ3v) is 14.6. The molecule has 0 saturated carbocycles. The molecule has 3 nitrogen and oxygen atoms in total. The molecular formula is C70H46N2O. The Balaban J connectivity index is 0.812. The smallest absolute Gasteiger partial charge is 0.136 e. The Morgan fingerprint density at radius 2 is 0.712 bits per heavy atom. The van der Waals surface area contributed by atoms with Gasteiger partial charge in [-0.15, -0.1) is 0 Å². The Labute approximate surface area is 423 Å². The van der Waals surface area contributed by atoms with Crippen LogP contribution in [0.4, 0.5) is 17.1 Å². The highest BCUT2D eigenvalue weighted by Crippen LogP contribution is 2.42. The quantitative estimate of drug-likeness (QED) is 0.144. The van der Waals surface area contributed by atoms with Gasteiger partial charge in [0.2, 0.25) is 0 Å². The Morgan fingerprint density at radius 3 is 1.38 bits per heavy atom. The predicted molar refractivity (Wildman–Crippen MR) is 307 cm³/mol. The van der Waals surface area contributed by atoms with E-state index >= 15 is 0 Å². The van der Waals surface area contributed by atoms with Crippen LogP contribution >= 0.6 is 0 Å². The van der Waals surface area contributed by atoms with Crippen LogP contribution in [-0.4, -0.2) is 4.57 Å². The van der Waals surface area contributed by atoms with Gasteiger partial charge in [0.15, 0.2) is 0 Å². The van der Waals surface area contributed by atoms with Crippen molar-refractivity contribution in [2.45, 2.75) is 0 Å². The van der Waals surface area contributed by atoms with Gasteiger partial charge in [0.25, 0.3) is 0 Å². The predicted octanol–water partition coefficient (Wildman–Crippen LogP) is 19.6. The average Bonchev–Trinajstić information content (AvgIpc) is 4.02. The molecule has 0 spiro atoms. The fourth-order valence-corrected chi connectivity index (χ4v) is 11.0. The lowest BCUT2D eigenvalue weighted by Gasteiger charge is -2.26. The summed E-state index contributed by atoms with van der Waals surface area (Å²) in [4.78, 5) is 2.36. The minimum absolute atomic E-state index is 0.894. The molecule has 0 aliphatic carbocycles. The molecule has 73 heavy (non-hydrogen) atoms. The summed E-state index contributed by atoms with van der Waals surface area (Å²) >= 11 is 0. The highest BCUT2D eigenvalue weighted by atomic mass is 16.3. The van der Waals surface area contributed by atoms with Gasteiger partial charge in [-0.25, -0.2) is 0 Å². The van der Waals surface area contributed by atoms with Crippen LogP contribution in [0.5, 0.6) is 0 Å². The van der Waals surface area contributed by atoms with Crippen molar-refractivity contribution in [1.29, 1.82) is 0 Å².